The summed E-state index contributed by atoms with van der Waals surface area (Å²) in [4.78, 5) is 8.26. The van der Waals surface area contributed by atoms with Gasteiger partial charge in [-0.3, -0.25) is 4.40 Å². The predicted octanol–water partition coefficient (Wildman–Crippen LogP) is 3.69. The van der Waals surface area contributed by atoms with Crippen molar-refractivity contribution in [2.45, 2.75) is 13.5 Å². The molecule has 0 atom stereocenters. The Balaban J connectivity index is 1.91. The van der Waals surface area contributed by atoms with Crippen LogP contribution in [0.15, 0.2) is 35.3 Å². The van der Waals surface area contributed by atoms with Crippen molar-refractivity contribution >= 4 is 27.3 Å². The van der Waals surface area contributed by atoms with E-state index in [9.17, 15) is 8.78 Å². The van der Waals surface area contributed by atoms with Crippen LogP contribution in [0.25, 0.3) is 5.65 Å². The normalized spacial score (nSPS) is 11.0. The average molecular weight is 353 g/mol. The highest BCUT2D eigenvalue weighted by Gasteiger charge is 2.12. The quantitative estimate of drug-likeness (QED) is 0.781. The van der Waals surface area contributed by atoms with E-state index in [1.54, 1.807) is 29.9 Å². The number of benzene rings is 1. The van der Waals surface area contributed by atoms with Gasteiger partial charge in [0.1, 0.15) is 16.1 Å². The first-order valence-electron chi connectivity index (χ1n) is 6.22. The summed E-state index contributed by atoms with van der Waals surface area (Å²) in [5.74, 6) is -1.19. The molecule has 0 saturated carbocycles. The zero-order chi connectivity index (χ0) is 15.0. The molecule has 0 amide bonds. The Hall–Kier alpha value is -2.02. The summed E-state index contributed by atoms with van der Waals surface area (Å²) in [6.45, 7) is 1.84. The molecule has 0 aliphatic carbocycles. The average Bonchev–Trinajstić information content (AvgIpc) is 2.85. The third kappa shape index (κ3) is 2.61. The largest absolute Gasteiger partial charge is 0.375 e. The molecule has 2 heterocycles. The van der Waals surface area contributed by atoms with Crippen molar-refractivity contribution in [1.29, 1.82) is 0 Å². The van der Waals surface area contributed by atoms with Crippen molar-refractivity contribution < 1.29 is 8.78 Å². The first kappa shape index (κ1) is 13.9. The Labute approximate surface area is 128 Å². The van der Waals surface area contributed by atoms with Gasteiger partial charge < -0.3 is 5.32 Å². The first-order chi connectivity index (χ1) is 10.1. The van der Waals surface area contributed by atoms with Gasteiger partial charge in [-0.1, -0.05) is 6.07 Å². The van der Waals surface area contributed by atoms with Crippen molar-refractivity contribution in [2.24, 2.45) is 0 Å². The number of fused-ring (bicyclic) bond motifs is 1. The Morgan fingerprint density at radius 2 is 2.05 bits per heavy atom. The fourth-order valence-corrected chi connectivity index (χ4v) is 2.35. The van der Waals surface area contributed by atoms with Crippen molar-refractivity contribution in [3.05, 3.63) is 58.2 Å². The zero-order valence-electron chi connectivity index (χ0n) is 11.1. The second-order valence-corrected chi connectivity index (χ2v) is 5.41. The highest BCUT2D eigenvalue weighted by atomic mass is 79.9. The maximum Gasteiger partial charge on any atom is 0.155 e. The molecule has 3 aromatic rings. The fraction of sp³-hybridized carbons (Fsp3) is 0.143. The van der Waals surface area contributed by atoms with Crippen LogP contribution in [0.1, 0.15) is 11.3 Å². The molecule has 0 unspecified atom stereocenters. The van der Waals surface area contributed by atoms with Gasteiger partial charge in [-0.15, -0.1) is 0 Å². The van der Waals surface area contributed by atoms with Gasteiger partial charge in [0.15, 0.2) is 11.5 Å². The van der Waals surface area contributed by atoms with Crippen LogP contribution >= 0.6 is 15.9 Å². The van der Waals surface area contributed by atoms with Crippen LogP contribution in [0.4, 0.5) is 14.5 Å². The van der Waals surface area contributed by atoms with E-state index < -0.39 is 11.6 Å². The van der Waals surface area contributed by atoms with Gasteiger partial charge in [-0.25, -0.2) is 18.7 Å². The summed E-state index contributed by atoms with van der Waals surface area (Å²) in [6, 6.07) is 2.66. The molecule has 0 bridgehead atoms. The molecule has 1 N–H and O–H groups in total. The van der Waals surface area contributed by atoms with Gasteiger partial charge in [0.05, 0.1) is 24.6 Å². The van der Waals surface area contributed by atoms with E-state index in [-0.39, 0.29) is 12.2 Å². The predicted molar refractivity (Wildman–Crippen MR) is 79.1 cm³/mol. The van der Waals surface area contributed by atoms with Crippen LogP contribution in [0.2, 0.25) is 0 Å². The van der Waals surface area contributed by atoms with Crippen molar-refractivity contribution in [3.63, 3.8) is 0 Å². The topological polar surface area (TPSA) is 42.2 Å². The molecule has 0 fully saturated rings. The Morgan fingerprint density at radius 1 is 1.24 bits per heavy atom. The number of nitrogens with zero attached hydrogens (tertiary/aromatic N) is 3. The molecule has 0 saturated heterocycles. The Morgan fingerprint density at radius 3 is 2.86 bits per heavy atom. The number of anilines is 1. The van der Waals surface area contributed by atoms with E-state index in [0.717, 1.165) is 5.69 Å². The number of aryl methyl sites for hydroxylation is 1. The van der Waals surface area contributed by atoms with Crippen LogP contribution in [0.3, 0.4) is 0 Å². The number of hydrogen-bond acceptors (Lipinski definition) is 3. The molecule has 2 aromatic heterocycles. The molecule has 1 aromatic carbocycles. The summed E-state index contributed by atoms with van der Waals surface area (Å²) in [7, 11) is 0. The Bertz CT molecular complexity index is 816. The summed E-state index contributed by atoms with van der Waals surface area (Å²) >= 11 is 3.28. The van der Waals surface area contributed by atoms with Crippen LogP contribution in [-0.4, -0.2) is 14.4 Å². The third-order valence-corrected chi connectivity index (χ3v) is 3.58. The number of hydrogen-bond donors (Lipinski definition) is 1. The molecular weight excluding hydrogens is 342 g/mol. The minimum Gasteiger partial charge on any atom is -0.375 e. The number of nitrogens with one attached hydrogen (secondary N) is 1. The van der Waals surface area contributed by atoms with Gasteiger partial charge in [0.2, 0.25) is 0 Å². The van der Waals surface area contributed by atoms with Gasteiger partial charge >= 0.3 is 0 Å². The van der Waals surface area contributed by atoms with Crippen LogP contribution < -0.4 is 5.32 Å². The number of halogens is 3. The monoisotopic (exact) mass is 352 g/mol. The highest BCUT2D eigenvalue weighted by molar-refractivity contribution is 9.10. The molecule has 0 spiro atoms. The summed E-state index contributed by atoms with van der Waals surface area (Å²) in [6.07, 6.45) is 5.01. The van der Waals surface area contributed by atoms with Gasteiger partial charge in [0.25, 0.3) is 0 Å². The lowest BCUT2D eigenvalue weighted by Gasteiger charge is -2.10. The third-order valence-electron chi connectivity index (χ3n) is 3.17. The van der Waals surface area contributed by atoms with E-state index in [2.05, 4.69) is 31.2 Å². The van der Waals surface area contributed by atoms with Crippen molar-refractivity contribution in [2.75, 3.05) is 5.32 Å². The smallest absolute Gasteiger partial charge is 0.155 e. The molecular formula is C14H11BrF2N4. The lowest BCUT2D eigenvalue weighted by Crippen LogP contribution is -2.07. The maximum absolute atomic E-state index is 13.9. The second kappa shape index (κ2) is 5.40. The highest BCUT2D eigenvalue weighted by Crippen LogP contribution is 2.22. The van der Waals surface area contributed by atoms with Crippen LogP contribution in [0, 0.1) is 18.6 Å². The molecule has 0 radical (unpaired) electrons. The van der Waals surface area contributed by atoms with Gasteiger partial charge in [-0.2, -0.15) is 0 Å². The molecule has 3 rings (SSSR count). The van der Waals surface area contributed by atoms with Crippen LogP contribution in [0.5, 0.6) is 0 Å². The minimum atomic E-state index is -0.616. The molecule has 7 heteroatoms. The standard InChI is InChI=1S/C14H11BrF2N4/c1-8-2-3-10(16)14(13(8)17)20-5-9-4-19-12-6-18-11(15)7-21(9)12/h2-4,6-7,20H,5H2,1H3. The molecule has 108 valence electrons. The van der Waals surface area contributed by atoms with E-state index in [4.69, 9.17) is 0 Å². The molecule has 21 heavy (non-hydrogen) atoms. The molecule has 4 nitrogen and oxygen atoms in total. The molecule has 0 aliphatic heterocycles. The second-order valence-electron chi connectivity index (χ2n) is 4.59. The van der Waals surface area contributed by atoms with Crippen molar-refractivity contribution in [1.82, 2.24) is 14.4 Å². The van der Waals surface area contributed by atoms with Crippen LogP contribution in [-0.2, 0) is 6.54 Å². The number of imidazole rings is 1. The Kier molecular flexibility index (Phi) is 3.59. The van der Waals surface area contributed by atoms with Crippen molar-refractivity contribution in [3.8, 4) is 0 Å². The van der Waals surface area contributed by atoms with E-state index in [0.29, 0.717) is 15.8 Å². The molecule has 0 aliphatic rings. The number of rotatable bonds is 3. The van der Waals surface area contributed by atoms with E-state index >= 15 is 0 Å². The van der Waals surface area contributed by atoms with Gasteiger partial charge in [-0.05, 0) is 34.5 Å². The van der Waals surface area contributed by atoms with E-state index in [1.807, 2.05) is 0 Å². The SMILES string of the molecule is Cc1ccc(F)c(NCc2cnc3cnc(Br)cn23)c1F. The summed E-state index contributed by atoms with van der Waals surface area (Å²) in [5, 5.41) is 2.79. The van der Waals surface area contributed by atoms with E-state index in [1.165, 1.54) is 12.1 Å². The first-order valence-corrected chi connectivity index (χ1v) is 7.01. The fourth-order valence-electron chi connectivity index (χ4n) is 2.04. The lowest BCUT2D eigenvalue weighted by molar-refractivity contribution is 0.582. The maximum atomic E-state index is 13.9. The summed E-state index contributed by atoms with van der Waals surface area (Å²) < 4.78 is 30.1. The zero-order valence-corrected chi connectivity index (χ0v) is 12.7. The summed E-state index contributed by atoms with van der Waals surface area (Å²) in [5.41, 5.74) is 1.70. The minimum absolute atomic E-state index is 0.127. The van der Waals surface area contributed by atoms with Gasteiger partial charge in [0, 0.05) is 6.20 Å². The number of aromatic nitrogens is 3. The lowest BCUT2D eigenvalue weighted by atomic mass is 10.2.